The number of rotatable bonds is 14. The molecule has 0 aliphatic rings. The maximum absolute atomic E-state index is 13.0. The van der Waals surface area contributed by atoms with E-state index < -0.39 is 0 Å². The Kier molecular flexibility index (Phi) is 10.8. The predicted octanol–water partition coefficient (Wildman–Crippen LogP) is 7.44. The van der Waals surface area contributed by atoms with E-state index in [9.17, 15) is 14.0 Å². The van der Waals surface area contributed by atoms with Crippen molar-refractivity contribution in [1.82, 2.24) is 0 Å². The molecule has 0 saturated heterocycles. The number of hydrogen-bond donors (Lipinski definition) is 0. The first-order valence-corrected chi connectivity index (χ1v) is 12.1. The van der Waals surface area contributed by atoms with E-state index in [0.29, 0.717) is 30.9 Å². The van der Waals surface area contributed by atoms with Crippen LogP contribution in [0.4, 0.5) is 4.39 Å². The molecule has 0 aliphatic carbocycles. The Morgan fingerprint density at radius 1 is 0.806 bits per heavy atom. The van der Waals surface area contributed by atoms with Crippen LogP contribution in [0, 0.1) is 5.82 Å². The SMILES string of the molecule is C=Cc1ccc(COCCCCCCC(=O)Oc2ccc(C=CC(=O)c3ccc(F)cc3)cc2)cc1. The van der Waals surface area contributed by atoms with Crippen LogP contribution in [0.2, 0.25) is 0 Å². The summed E-state index contributed by atoms with van der Waals surface area (Å²) >= 11 is 0. The number of hydrogen-bond acceptors (Lipinski definition) is 4. The number of unbranched alkanes of at least 4 members (excludes halogenated alkanes) is 3. The molecule has 0 spiro atoms. The molecule has 0 heterocycles. The number of carbonyl (C=O) groups excluding carboxylic acids is 2. The van der Waals surface area contributed by atoms with Crippen LogP contribution in [0.5, 0.6) is 5.75 Å². The number of carbonyl (C=O) groups is 2. The number of benzene rings is 3. The number of halogens is 1. The van der Waals surface area contributed by atoms with Gasteiger partial charge in [0.25, 0.3) is 0 Å². The molecule has 0 bridgehead atoms. The Balaban J connectivity index is 1.27. The number of allylic oxidation sites excluding steroid dienone is 1. The quantitative estimate of drug-likeness (QED) is 0.0781. The summed E-state index contributed by atoms with van der Waals surface area (Å²) < 4.78 is 24.1. The standard InChI is InChI=1S/C31H31FO4/c1-2-24-8-10-26(11-9-24)23-35-22-6-4-3-5-7-31(34)36-29-19-12-25(13-20-29)14-21-30(33)27-15-17-28(32)18-16-27/h2,8-21H,1,3-7,22-23H2. The third-order valence-corrected chi connectivity index (χ3v) is 5.57. The zero-order valence-electron chi connectivity index (χ0n) is 20.3. The van der Waals surface area contributed by atoms with Crippen LogP contribution in [0.25, 0.3) is 12.2 Å². The fourth-order valence-electron chi connectivity index (χ4n) is 3.48. The molecule has 0 aromatic heterocycles. The summed E-state index contributed by atoms with van der Waals surface area (Å²) in [7, 11) is 0. The van der Waals surface area contributed by atoms with Gasteiger partial charge >= 0.3 is 5.97 Å². The Morgan fingerprint density at radius 2 is 1.47 bits per heavy atom. The highest BCUT2D eigenvalue weighted by molar-refractivity contribution is 6.06. The molecule has 0 aliphatic heterocycles. The van der Waals surface area contributed by atoms with Gasteiger partial charge in [0.2, 0.25) is 0 Å². The molecule has 4 nitrogen and oxygen atoms in total. The van der Waals surface area contributed by atoms with E-state index in [1.54, 1.807) is 30.3 Å². The lowest BCUT2D eigenvalue weighted by Crippen LogP contribution is -2.07. The number of esters is 1. The molecule has 36 heavy (non-hydrogen) atoms. The summed E-state index contributed by atoms with van der Waals surface area (Å²) in [5, 5.41) is 0. The van der Waals surface area contributed by atoms with E-state index in [1.807, 2.05) is 30.3 Å². The van der Waals surface area contributed by atoms with Gasteiger partial charge in [-0.3, -0.25) is 9.59 Å². The normalized spacial score (nSPS) is 10.9. The predicted molar refractivity (Wildman–Crippen MR) is 141 cm³/mol. The van der Waals surface area contributed by atoms with Gasteiger partial charge in [-0.2, -0.15) is 0 Å². The van der Waals surface area contributed by atoms with Gasteiger partial charge in [-0.25, -0.2) is 4.39 Å². The van der Waals surface area contributed by atoms with Gasteiger partial charge in [-0.15, -0.1) is 0 Å². The van der Waals surface area contributed by atoms with Crippen LogP contribution in [-0.2, 0) is 16.1 Å². The molecular formula is C31H31FO4. The number of ketones is 1. The summed E-state index contributed by atoms with van der Waals surface area (Å²) in [4.78, 5) is 24.2. The molecule has 186 valence electrons. The Bertz CT molecular complexity index is 1150. The minimum Gasteiger partial charge on any atom is -0.427 e. The summed E-state index contributed by atoms with van der Waals surface area (Å²) in [5.41, 5.74) is 3.45. The monoisotopic (exact) mass is 486 g/mol. The van der Waals surface area contributed by atoms with Crippen LogP contribution in [-0.4, -0.2) is 18.4 Å². The van der Waals surface area contributed by atoms with Crippen molar-refractivity contribution in [2.24, 2.45) is 0 Å². The summed E-state index contributed by atoms with van der Waals surface area (Å²) in [6.45, 7) is 5.05. The van der Waals surface area contributed by atoms with Gasteiger partial charge in [0, 0.05) is 18.6 Å². The zero-order chi connectivity index (χ0) is 25.6. The second-order valence-corrected chi connectivity index (χ2v) is 8.41. The van der Waals surface area contributed by atoms with Crippen LogP contribution in [0.3, 0.4) is 0 Å². The molecule has 3 aromatic carbocycles. The molecule has 0 amide bonds. The molecule has 3 rings (SSSR count). The Labute approximate surface area is 212 Å². The van der Waals surface area contributed by atoms with Crippen molar-refractivity contribution in [2.45, 2.75) is 38.7 Å². The lowest BCUT2D eigenvalue weighted by molar-refractivity contribution is -0.134. The van der Waals surface area contributed by atoms with E-state index in [0.717, 1.165) is 42.4 Å². The highest BCUT2D eigenvalue weighted by Gasteiger charge is 2.05. The van der Waals surface area contributed by atoms with Crippen molar-refractivity contribution in [3.8, 4) is 5.75 Å². The van der Waals surface area contributed by atoms with E-state index in [4.69, 9.17) is 9.47 Å². The van der Waals surface area contributed by atoms with E-state index in [2.05, 4.69) is 6.58 Å². The van der Waals surface area contributed by atoms with Gasteiger partial charge in [-0.1, -0.05) is 68.0 Å². The summed E-state index contributed by atoms with van der Waals surface area (Å²) in [5.74, 6) is -0.385. The van der Waals surface area contributed by atoms with Gasteiger partial charge in [0.05, 0.1) is 6.61 Å². The van der Waals surface area contributed by atoms with E-state index in [1.165, 1.54) is 30.3 Å². The molecule has 5 heteroatoms. The molecule has 0 saturated carbocycles. The third-order valence-electron chi connectivity index (χ3n) is 5.57. The first-order chi connectivity index (χ1) is 17.5. The fourth-order valence-corrected chi connectivity index (χ4v) is 3.48. The van der Waals surface area contributed by atoms with Crippen molar-refractivity contribution in [3.05, 3.63) is 114 Å². The highest BCUT2D eigenvalue weighted by atomic mass is 19.1. The largest absolute Gasteiger partial charge is 0.427 e. The van der Waals surface area contributed by atoms with Crippen LogP contribution in [0.15, 0.2) is 85.5 Å². The number of ether oxygens (including phenoxy) is 2. The second kappa shape index (κ2) is 14.5. The molecule has 0 unspecified atom stereocenters. The molecule has 0 fully saturated rings. The van der Waals surface area contributed by atoms with Crippen molar-refractivity contribution >= 4 is 23.9 Å². The molecule has 3 aromatic rings. The maximum Gasteiger partial charge on any atom is 0.311 e. The maximum atomic E-state index is 13.0. The minimum absolute atomic E-state index is 0.212. The summed E-state index contributed by atoms with van der Waals surface area (Å²) in [6, 6.07) is 20.5. The molecular weight excluding hydrogens is 455 g/mol. The van der Waals surface area contributed by atoms with Gasteiger partial charge in [0.15, 0.2) is 5.78 Å². The van der Waals surface area contributed by atoms with Crippen LogP contribution < -0.4 is 4.74 Å². The van der Waals surface area contributed by atoms with Crippen molar-refractivity contribution in [3.63, 3.8) is 0 Å². The Morgan fingerprint density at radius 3 is 2.17 bits per heavy atom. The third kappa shape index (κ3) is 9.43. The Hall–Kier alpha value is -3.83. The lowest BCUT2D eigenvalue weighted by atomic mass is 10.1. The van der Waals surface area contributed by atoms with Gasteiger partial charge in [0.1, 0.15) is 11.6 Å². The first-order valence-electron chi connectivity index (χ1n) is 12.1. The second-order valence-electron chi connectivity index (χ2n) is 8.41. The smallest absolute Gasteiger partial charge is 0.311 e. The molecule has 0 N–H and O–H groups in total. The topological polar surface area (TPSA) is 52.6 Å². The molecule has 0 atom stereocenters. The van der Waals surface area contributed by atoms with Crippen LogP contribution in [0.1, 0.15) is 59.2 Å². The zero-order valence-corrected chi connectivity index (χ0v) is 20.3. The van der Waals surface area contributed by atoms with E-state index in [-0.39, 0.29) is 17.6 Å². The van der Waals surface area contributed by atoms with Crippen molar-refractivity contribution < 1.29 is 23.5 Å². The first kappa shape index (κ1) is 26.8. The highest BCUT2D eigenvalue weighted by Crippen LogP contribution is 2.16. The van der Waals surface area contributed by atoms with Crippen molar-refractivity contribution in [2.75, 3.05) is 6.61 Å². The minimum atomic E-state index is -0.382. The van der Waals surface area contributed by atoms with Gasteiger partial charge < -0.3 is 9.47 Å². The lowest BCUT2D eigenvalue weighted by Gasteiger charge is -2.06. The van der Waals surface area contributed by atoms with Gasteiger partial charge in [-0.05, 0) is 72.0 Å². The van der Waals surface area contributed by atoms with Crippen LogP contribution >= 0.6 is 0 Å². The molecule has 0 radical (unpaired) electrons. The average molecular weight is 487 g/mol. The van der Waals surface area contributed by atoms with Crippen molar-refractivity contribution in [1.29, 1.82) is 0 Å². The summed E-state index contributed by atoms with van der Waals surface area (Å²) in [6.07, 6.45) is 8.95. The average Bonchev–Trinajstić information content (AvgIpc) is 2.90. The van der Waals surface area contributed by atoms with E-state index >= 15 is 0 Å². The fraction of sp³-hybridized carbons (Fsp3) is 0.226.